The van der Waals surface area contributed by atoms with Gasteiger partial charge in [0.15, 0.2) is 0 Å². The van der Waals surface area contributed by atoms with Gasteiger partial charge < -0.3 is 25.3 Å². The van der Waals surface area contributed by atoms with Gasteiger partial charge in [-0.2, -0.15) is 0 Å². The standard InChI is InChI=1S/C26H36N6O2.2H2/c1-29-13-17-31(18-14-29)24-10-6-5-9-23(24)28-26(34)27-21-25(33)32-19-15-30(16-20-32)12-11-22-7-3-2-4-8-22;;/h2-10H,11-21H2,1H3,(H2,27,28,34);2*1H. The van der Waals surface area contributed by atoms with Gasteiger partial charge in [-0.1, -0.05) is 42.5 Å². The number of carbonyl (C=O) groups is 2. The molecule has 0 radical (unpaired) electrons. The lowest BCUT2D eigenvalue weighted by atomic mass is 10.1. The van der Waals surface area contributed by atoms with Crippen molar-refractivity contribution < 1.29 is 12.4 Å². The first-order valence-corrected chi connectivity index (χ1v) is 12.2. The summed E-state index contributed by atoms with van der Waals surface area (Å²) < 4.78 is 0. The number of carbonyl (C=O) groups excluding carboxylic acids is 2. The maximum absolute atomic E-state index is 12.6. The summed E-state index contributed by atoms with van der Waals surface area (Å²) in [5, 5.41) is 5.67. The molecule has 2 N–H and O–H groups in total. The molecule has 2 aromatic carbocycles. The van der Waals surface area contributed by atoms with E-state index in [1.165, 1.54) is 5.56 Å². The Hall–Kier alpha value is -3.10. The third kappa shape index (κ3) is 6.71. The van der Waals surface area contributed by atoms with Crippen molar-refractivity contribution in [3.8, 4) is 0 Å². The van der Waals surface area contributed by atoms with Gasteiger partial charge in [-0.3, -0.25) is 9.69 Å². The first kappa shape index (κ1) is 24.0. The molecule has 8 heteroatoms. The normalized spacial score (nSPS) is 17.4. The van der Waals surface area contributed by atoms with Gasteiger partial charge in [0.25, 0.3) is 0 Å². The summed E-state index contributed by atoms with van der Waals surface area (Å²) in [4.78, 5) is 34.0. The van der Waals surface area contributed by atoms with Crippen LogP contribution in [0.1, 0.15) is 8.42 Å². The second kappa shape index (κ2) is 11.9. The molecule has 0 spiro atoms. The van der Waals surface area contributed by atoms with Crippen LogP contribution in [0.2, 0.25) is 0 Å². The third-order valence-electron chi connectivity index (χ3n) is 6.68. The number of rotatable bonds is 7. The van der Waals surface area contributed by atoms with Crippen LogP contribution < -0.4 is 15.5 Å². The number of hydrogen-bond acceptors (Lipinski definition) is 5. The second-order valence-electron chi connectivity index (χ2n) is 9.07. The average molecular weight is 469 g/mol. The zero-order valence-corrected chi connectivity index (χ0v) is 20.1. The van der Waals surface area contributed by atoms with E-state index in [9.17, 15) is 9.59 Å². The molecule has 2 fully saturated rings. The summed E-state index contributed by atoms with van der Waals surface area (Å²) in [5.41, 5.74) is 3.12. The fraction of sp³-hybridized carbons (Fsp3) is 0.462. The highest BCUT2D eigenvalue weighted by atomic mass is 16.2. The van der Waals surface area contributed by atoms with Crippen molar-refractivity contribution in [1.29, 1.82) is 0 Å². The minimum atomic E-state index is -0.351. The fourth-order valence-electron chi connectivity index (χ4n) is 4.49. The summed E-state index contributed by atoms with van der Waals surface area (Å²) in [6, 6.07) is 18.0. The molecule has 0 unspecified atom stereocenters. The maximum atomic E-state index is 12.6. The Balaban J connectivity index is 0.00000228. The number of nitrogens with zero attached hydrogens (tertiary/aromatic N) is 4. The SMILES string of the molecule is CN1CCN(c2ccccc2NC(=O)NCC(=O)N2CCN(CCc3ccccc3)CC2)CC1.[HH].[HH]. The fourth-order valence-corrected chi connectivity index (χ4v) is 4.49. The zero-order valence-electron chi connectivity index (χ0n) is 20.1. The Bertz CT molecular complexity index is 948. The largest absolute Gasteiger partial charge is 0.367 e. The minimum Gasteiger partial charge on any atom is -0.367 e. The number of hydrogen-bond donors (Lipinski definition) is 2. The smallest absolute Gasteiger partial charge is 0.319 e. The highest BCUT2D eigenvalue weighted by Crippen LogP contribution is 2.26. The highest BCUT2D eigenvalue weighted by molar-refractivity contribution is 5.95. The van der Waals surface area contributed by atoms with E-state index >= 15 is 0 Å². The van der Waals surface area contributed by atoms with Crippen molar-refractivity contribution >= 4 is 23.3 Å². The number of urea groups is 1. The van der Waals surface area contributed by atoms with Gasteiger partial charge in [-0.05, 0) is 31.2 Å². The van der Waals surface area contributed by atoms with E-state index in [0.717, 1.165) is 63.6 Å². The van der Waals surface area contributed by atoms with Crippen LogP contribution in [0.15, 0.2) is 54.6 Å². The van der Waals surface area contributed by atoms with E-state index in [1.54, 1.807) is 0 Å². The molecule has 2 aromatic rings. The van der Waals surface area contributed by atoms with E-state index in [4.69, 9.17) is 0 Å². The van der Waals surface area contributed by atoms with Crippen LogP contribution in [-0.2, 0) is 11.2 Å². The summed E-state index contributed by atoms with van der Waals surface area (Å²) in [7, 11) is 2.12. The lowest BCUT2D eigenvalue weighted by molar-refractivity contribution is -0.131. The number of amides is 3. The predicted octanol–water partition coefficient (Wildman–Crippen LogP) is 2.44. The number of para-hydroxylation sites is 2. The minimum absolute atomic E-state index is 0. The molecule has 2 aliphatic rings. The van der Waals surface area contributed by atoms with Crippen molar-refractivity contribution in [1.82, 2.24) is 20.0 Å². The Morgan fingerprint density at radius 2 is 1.53 bits per heavy atom. The van der Waals surface area contributed by atoms with Crippen molar-refractivity contribution in [3.63, 3.8) is 0 Å². The van der Waals surface area contributed by atoms with E-state index in [1.807, 2.05) is 35.2 Å². The van der Waals surface area contributed by atoms with E-state index in [2.05, 4.69) is 56.6 Å². The number of benzene rings is 2. The van der Waals surface area contributed by atoms with E-state index in [-0.39, 0.29) is 21.3 Å². The van der Waals surface area contributed by atoms with Gasteiger partial charge in [0.2, 0.25) is 5.91 Å². The molecule has 8 nitrogen and oxygen atoms in total. The first-order chi connectivity index (χ1) is 16.6. The number of anilines is 2. The molecular formula is C26H40N6O2. The quantitative estimate of drug-likeness (QED) is 0.653. The van der Waals surface area contributed by atoms with Gasteiger partial charge in [-0.25, -0.2) is 4.79 Å². The highest BCUT2D eigenvalue weighted by Gasteiger charge is 2.22. The Labute approximate surface area is 205 Å². The summed E-state index contributed by atoms with van der Waals surface area (Å²) in [5.74, 6) is -0.0368. The molecular weight excluding hydrogens is 428 g/mol. The van der Waals surface area contributed by atoms with Gasteiger partial charge in [0.05, 0.1) is 17.9 Å². The Kier molecular flexibility index (Phi) is 8.38. The van der Waals surface area contributed by atoms with Crippen LogP contribution in [-0.4, -0.2) is 99.1 Å². The molecule has 2 heterocycles. The summed E-state index contributed by atoms with van der Waals surface area (Å²) in [6.45, 7) is 7.97. The maximum Gasteiger partial charge on any atom is 0.319 e. The van der Waals surface area contributed by atoms with Crippen molar-refractivity contribution in [2.24, 2.45) is 0 Å². The average Bonchev–Trinajstić information content (AvgIpc) is 2.88. The van der Waals surface area contributed by atoms with Crippen LogP contribution in [0, 0.1) is 0 Å². The second-order valence-corrected chi connectivity index (χ2v) is 9.07. The molecule has 0 atom stereocenters. The van der Waals surface area contributed by atoms with Crippen LogP contribution in [0.3, 0.4) is 0 Å². The third-order valence-corrected chi connectivity index (χ3v) is 6.68. The number of nitrogens with one attached hydrogen (secondary N) is 2. The van der Waals surface area contributed by atoms with Crippen molar-refractivity contribution in [3.05, 3.63) is 60.2 Å². The van der Waals surface area contributed by atoms with Gasteiger partial charge >= 0.3 is 6.03 Å². The zero-order chi connectivity index (χ0) is 23.8. The molecule has 3 amide bonds. The molecule has 0 aromatic heterocycles. The molecule has 186 valence electrons. The lowest BCUT2D eigenvalue weighted by Crippen LogP contribution is -2.51. The summed E-state index contributed by atoms with van der Waals surface area (Å²) >= 11 is 0. The van der Waals surface area contributed by atoms with Crippen molar-refractivity contribution in [2.75, 3.05) is 82.7 Å². The molecule has 4 rings (SSSR count). The van der Waals surface area contributed by atoms with Gasteiger partial charge in [0, 0.05) is 61.8 Å². The first-order valence-electron chi connectivity index (χ1n) is 12.2. The molecule has 2 aliphatic heterocycles. The molecule has 34 heavy (non-hydrogen) atoms. The Morgan fingerprint density at radius 3 is 2.26 bits per heavy atom. The number of piperazine rings is 2. The Morgan fingerprint density at radius 1 is 0.853 bits per heavy atom. The molecule has 0 aliphatic carbocycles. The van der Waals surface area contributed by atoms with Gasteiger partial charge in [0.1, 0.15) is 0 Å². The van der Waals surface area contributed by atoms with Crippen LogP contribution in [0.25, 0.3) is 0 Å². The molecule has 2 saturated heterocycles. The monoisotopic (exact) mass is 468 g/mol. The van der Waals surface area contributed by atoms with E-state index in [0.29, 0.717) is 13.1 Å². The number of likely N-dealkylation sites (N-methyl/N-ethyl adjacent to an activating group) is 1. The molecule has 0 bridgehead atoms. The van der Waals surface area contributed by atoms with E-state index < -0.39 is 0 Å². The van der Waals surface area contributed by atoms with Crippen molar-refractivity contribution in [2.45, 2.75) is 6.42 Å². The molecule has 0 saturated carbocycles. The lowest BCUT2D eigenvalue weighted by Gasteiger charge is -2.35. The van der Waals surface area contributed by atoms with Crippen LogP contribution >= 0.6 is 0 Å². The summed E-state index contributed by atoms with van der Waals surface area (Å²) in [6.07, 6.45) is 1.02. The predicted molar refractivity (Wildman–Crippen MR) is 141 cm³/mol. The van der Waals surface area contributed by atoms with Crippen LogP contribution in [0.5, 0.6) is 0 Å². The topological polar surface area (TPSA) is 71.2 Å². The van der Waals surface area contributed by atoms with Gasteiger partial charge in [-0.15, -0.1) is 0 Å². The van der Waals surface area contributed by atoms with Crippen LogP contribution in [0.4, 0.5) is 16.2 Å².